The molecule has 3 rings (SSSR count). The van der Waals surface area contributed by atoms with Gasteiger partial charge in [-0.25, -0.2) is 0 Å². The number of nitrogens with zero attached hydrogens (tertiary/aromatic N) is 1. The van der Waals surface area contributed by atoms with Gasteiger partial charge < -0.3 is 5.32 Å². The van der Waals surface area contributed by atoms with Crippen LogP contribution in [0.5, 0.6) is 0 Å². The molecule has 0 aromatic heterocycles. The number of hydrogen-bond donors (Lipinski definition) is 1. The van der Waals surface area contributed by atoms with Crippen molar-refractivity contribution in [3.8, 4) is 0 Å². The van der Waals surface area contributed by atoms with Crippen LogP contribution >= 0.6 is 15.9 Å². The first-order valence-electron chi connectivity index (χ1n) is 7.57. The van der Waals surface area contributed by atoms with Gasteiger partial charge in [-0.2, -0.15) is 0 Å². The third kappa shape index (κ3) is 3.76. The highest BCUT2D eigenvalue weighted by molar-refractivity contribution is 9.10. The molecule has 1 amide bonds. The molecule has 1 saturated heterocycles. The molecule has 1 aliphatic rings. The van der Waals surface area contributed by atoms with Gasteiger partial charge in [-0.05, 0) is 49.2 Å². The molecular weight excluding hydrogens is 340 g/mol. The Hall–Kier alpha value is -1.65. The van der Waals surface area contributed by atoms with Gasteiger partial charge in [-0.15, -0.1) is 0 Å². The number of rotatable bonds is 4. The number of benzene rings is 2. The van der Waals surface area contributed by atoms with E-state index in [2.05, 4.69) is 44.3 Å². The van der Waals surface area contributed by atoms with Crippen molar-refractivity contribution < 1.29 is 4.79 Å². The first-order chi connectivity index (χ1) is 10.7. The smallest absolute Gasteiger partial charge is 0.238 e. The second-order valence-corrected chi connectivity index (χ2v) is 6.51. The molecule has 0 saturated carbocycles. The molecule has 1 fully saturated rings. The van der Waals surface area contributed by atoms with E-state index in [0.717, 1.165) is 29.5 Å². The van der Waals surface area contributed by atoms with E-state index >= 15 is 0 Å². The minimum Gasteiger partial charge on any atom is -0.325 e. The number of likely N-dealkylation sites (tertiary alicyclic amines) is 1. The molecule has 22 heavy (non-hydrogen) atoms. The van der Waals surface area contributed by atoms with Crippen molar-refractivity contribution in [3.05, 3.63) is 64.6 Å². The Balaban J connectivity index is 1.65. The van der Waals surface area contributed by atoms with Crippen LogP contribution in [-0.2, 0) is 4.79 Å². The minimum absolute atomic E-state index is 0.0492. The third-order valence-electron chi connectivity index (χ3n) is 4.00. The van der Waals surface area contributed by atoms with Crippen LogP contribution in [0.15, 0.2) is 59.1 Å². The van der Waals surface area contributed by atoms with Gasteiger partial charge in [0.1, 0.15) is 0 Å². The maximum Gasteiger partial charge on any atom is 0.238 e. The average Bonchev–Trinajstić information content (AvgIpc) is 2.96. The molecule has 4 heteroatoms. The van der Waals surface area contributed by atoms with Crippen molar-refractivity contribution in [1.29, 1.82) is 0 Å². The first-order valence-corrected chi connectivity index (χ1v) is 8.36. The molecule has 1 heterocycles. The summed E-state index contributed by atoms with van der Waals surface area (Å²) in [7, 11) is 0. The molecule has 0 spiro atoms. The molecule has 3 nitrogen and oxygen atoms in total. The highest BCUT2D eigenvalue weighted by Gasteiger charge is 2.27. The van der Waals surface area contributed by atoms with Crippen LogP contribution in [0.25, 0.3) is 0 Å². The van der Waals surface area contributed by atoms with Crippen molar-refractivity contribution in [2.45, 2.75) is 18.9 Å². The zero-order valence-electron chi connectivity index (χ0n) is 12.3. The number of carbonyl (C=O) groups excluding carboxylic acids is 1. The zero-order valence-corrected chi connectivity index (χ0v) is 13.9. The highest BCUT2D eigenvalue weighted by Crippen LogP contribution is 2.32. The molecule has 2 aromatic carbocycles. The van der Waals surface area contributed by atoms with Crippen molar-refractivity contribution >= 4 is 27.5 Å². The predicted octanol–water partition coefficient (Wildman–Crippen LogP) is 4.22. The van der Waals surface area contributed by atoms with Crippen LogP contribution in [0.1, 0.15) is 24.4 Å². The van der Waals surface area contributed by atoms with E-state index < -0.39 is 0 Å². The summed E-state index contributed by atoms with van der Waals surface area (Å²) in [6, 6.07) is 18.3. The number of carbonyl (C=O) groups is 1. The van der Waals surface area contributed by atoms with Gasteiger partial charge in [0.2, 0.25) is 5.91 Å². The van der Waals surface area contributed by atoms with E-state index in [1.54, 1.807) is 0 Å². The monoisotopic (exact) mass is 358 g/mol. The summed E-state index contributed by atoms with van der Waals surface area (Å²) in [4.78, 5) is 14.5. The fraction of sp³-hybridized carbons (Fsp3) is 0.278. The topological polar surface area (TPSA) is 32.3 Å². The number of nitrogens with one attached hydrogen (secondary N) is 1. The summed E-state index contributed by atoms with van der Waals surface area (Å²) in [5, 5.41) is 2.96. The van der Waals surface area contributed by atoms with E-state index in [-0.39, 0.29) is 5.91 Å². The Bertz CT molecular complexity index is 645. The third-order valence-corrected chi connectivity index (χ3v) is 4.49. The normalized spacial score (nSPS) is 18.3. The van der Waals surface area contributed by atoms with Gasteiger partial charge in [0, 0.05) is 16.2 Å². The summed E-state index contributed by atoms with van der Waals surface area (Å²) < 4.78 is 1.09. The van der Waals surface area contributed by atoms with Gasteiger partial charge in [0.15, 0.2) is 0 Å². The van der Waals surface area contributed by atoms with Crippen molar-refractivity contribution in [1.82, 2.24) is 4.90 Å². The molecule has 1 atom stereocenters. The SMILES string of the molecule is O=C(CN1CCCC1c1cccc(Br)c1)Nc1ccccc1. The van der Waals surface area contributed by atoms with Gasteiger partial charge >= 0.3 is 0 Å². The Morgan fingerprint density at radius 2 is 2.00 bits per heavy atom. The molecule has 1 unspecified atom stereocenters. The lowest BCUT2D eigenvalue weighted by Gasteiger charge is -2.24. The van der Waals surface area contributed by atoms with Crippen LogP contribution in [0.3, 0.4) is 0 Å². The zero-order chi connectivity index (χ0) is 15.4. The summed E-state index contributed by atoms with van der Waals surface area (Å²) in [6.45, 7) is 1.41. The molecule has 114 valence electrons. The van der Waals surface area contributed by atoms with Gasteiger partial charge in [-0.3, -0.25) is 9.69 Å². The molecule has 2 aromatic rings. The van der Waals surface area contributed by atoms with Crippen LogP contribution in [0.2, 0.25) is 0 Å². The number of anilines is 1. The number of amides is 1. The lowest BCUT2D eigenvalue weighted by Crippen LogP contribution is -2.32. The maximum absolute atomic E-state index is 12.3. The second kappa shape index (κ2) is 7.07. The fourth-order valence-electron chi connectivity index (χ4n) is 3.01. The number of halogens is 1. The average molecular weight is 359 g/mol. The Kier molecular flexibility index (Phi) is 4.90. The summed E-state index contributed by atoms with van der Waals surface area (Å²) in [6.07, 6.45) is 2.24. The largest absolute Gasteiger partial charge is 0.325 e. The molecule has 0 bridgehead atoms. The van der Waals surface area contributed by atoms with Crippen molar-refractivity contribution in [2.75, 3.05) is 18.4 Å². The highest BCUT2D eigenvalue weighted by atomic mass is 79.9. The van der Waals surface area contributed by atoms with Crippen LogP contribution in [0, 0.1) is 0 Å². The van der Waals surface area contributed by atoms with Gasteiger partial charge in [-0.1, -0.05) is 46.3 Å². The Morgan fingerprint density at radius 1 is 1.18 bits per heavy atom. The van der Waals surface area contributed by atoms with Crippen LogP contribution in [-0.4, -0.2) is 23.9 Å². The van der Waals surface area contributed by atoms with E-state index in [9.17, 15) is 4.79 Å². The fourth-order valence-corrected chi connectivity index (χ4v) is 3.43. The van der Waals surface area contributed by atoms with E-state index in [1.807, 2.05) is 36.4 Å². The summed E-state index contributed by atoms with van der Waals surface area (Å²) >= 11 is 3.53. The lowest BCUT2D eigenvalue weighted by atomic mass is 10.0. The van der Waals surface area contributed by atoms with Crippen LogP contribution in [0.4, 0.5) is 5.69 Å². The molecule has 1 N–H and O–H groups in total. The number of hydrogen-bond acceptors (Lipinski definition) is 2. The van der Waals surface area contributed by atoms with E-state index in [0.29, 0.717) is 12.6 Å². The quantitative estimate of drug-likeness (QED) is 0.886. The van der Waals surface area contributed by atoms with Crippen LogP contribution < -0.4 is 5.32 Å². The molecule has 0 radical (unpaired) electrons. The molecular formula is C18H19BrN2O. The second-order valence-electron chi connectivity index (χ2n) is 5.60. The summed E-state index contributed by atoms with van der Waals surface area (Å²) in [5.74, 6) is 0.0492. The van der Waals surface area contributed by atoms with Gasteiger partial charge in [0.25, 0.3) is 0 Å². The molecule has 1 aliphatic heterocycles. The Labute approximate surface area is 139 Å². The predicted molar refractivity (Wildman–Crippen MR) is 92.8 cm³/mol. The maximum atomic E-state index is 12.3. The lowest BCUT2D eigenvalue weighted by molar-refractivity contribution is -0.117. The molecule has 0 aliphatic carbocycles. The van der Waals surface area contributed by atoms with E-state index in [1.165, 1.54) is 5.56 Å². The Morgan fingerprint density at radius 3 is 2.77 bits per heavy atom. The van der Waals surface area contributed by atoms with Crippen molar-refractivity contribution in [2.24, 2.45) is 0 Å². The standard InChI is InChI=1S/C18H19BrN2O/c19-15-7-4-6-14(12-15)17-10-5-11-21(17)13-18(22)20-16-8-2-1-3-9-16/h1-4,6-9,12,17H,5,10-11,13H2,(H,20,22). The summed E-state index contributed by atoms with van der Waals surface area (Å²) in [5.41, 5.74) is 2.13. The van der Waals surface area contributed by atoms with E-state index in [4.69, 9.17) is 0 Å². The van der Waals surface area contributed by atoms with Gasteiger partial charge in [0.05, 0.1) is 6.54 Å². The number of para-hydroxylation sites is 1. The minimum atomic E-state index is 0.0492. The first kappa shape index (κ1) is 15.3. The van der Waals surface area contributed by atoms with Crippen molar-refractivity contribution in [3.63, 3.8) is 0 Å².